The molecule has 0 radical (unpaired) electrons. The van der Waals surface area contributed by atoms with E-state index in [4.69, 9.17) is 9.98 Å². The van der Waals surface area contributed by atoms with Crippen LogP contribution in [0.5, 0.6) is 0 Å². The largest absolute Gasteiger partial charge is 0.255 e. The summed E-state index contributed by atoms with van der Waals surface area (Å²) in [4.78, 5) is 10.4. The third-order valence-corrected chi connectivity index (χ3v) is 9.67. The van der Waals surface area contributed by atoms with Crippen LogP contribution in [0.3, 0.4) is 0 Å². The van der Waals surface area contributed by atoms with E-state index in [1.165, 1.54) is 140 Å². The van der Waals surface area contributed by atoms with E-state index >= 15 is 0 Å². The van der Waals surface area contributed by atoms with Gasteiger partial charge in [0.1, 0.15) is 0 Å². The highest BCUT2D eigenvalue weighted by molar-refractivity contribution is 6.31. The van der Waals surface area contributed by atoms with Gasteiger partial charge >= 0.3 is 0 Å². The monoisotopic (exact) mass is 629 g/mol. The van der Waals surface area contributed by atoms with E-state index in [-0.39, 0.29) is 0 Å². The van der Waals surface area contributed by atoms with Gasteiger partial charge in [0, 0.05) is 6.21 Å². The van der Waals surface area contributed by atoms with Crippen molar-refractivity contribution in [1.82, 2.24) is 0 Å². The Morgan fingerprint density at radius 2 is 0.870 bits per heavy atom. The third kappa shape index (κ3) is 14.7. The maximum atomic E-state index is 5.24. The van der Waals surface area contributed by atoms with Gasteiger partial charge in [-0.05, 0) is 135 Å². The molecular formula is C44H72N2. The molecule has 2 heteroatoms. The van der Waals surface area contributed by atoms with Crippen LogP contribution in [0.15, 0.2) is 34.3 Å². The quantitative estimate of drug-likeness (QED) is 0.0731. The summed E-state index contributed by atoms with van der Waals surface area (Å²) in [6, 6.07) is 9.60. The molecule has 0 aliphatic carbocycles. The highest BCUT2D eigenvalue weighted by atomic mass is 14.8. The Labute approximate surface area is 286 Å². The molecule has 0 atom stereocenters. The molecule has 0 heterocycles. The van der Waals surface area contributed by atoms with Crippen LogP contribution in [-0.2, 0) is 38.5 Å². The molecule has 0 spiro atoms. The van der Waals surface area contributed by atoms with Crippen molar-refractivity contribution in [3.05, 3.63) is 57.6 Å². The van der Waals surface area contributed by atoms with Crippen LogP contribution >= 0.6 is 0 Å². The molecule has 0 unspecified atom stereocenters. The van der Waals surface area contributed by atoms with E-state index in [1.807, 2.05) is 0 Å². The standard InChI is InChI=1S/C44H72N2/c1-8-15-20-22-23-25-30-44-38(27-18-11-4)31-41(32-39(44)28-19-12-5)45-35-40(13-6)46-42-33-36(26-17-10-3)43(14-7)37(34-42)29-24-21-16-9-2/h31-35H,8-30H2,1-7H3. The molecule has 2 aromatic carbocycles. The molecule has 46 heavy (non-hydrogen) atoms. The number of aliphatic imine (C=N–C) groups is 2. The van der Waals surface area contributed by atoms with E-state index in [0.29, 0.717) is 0 Å². The lowest BCUT2D eigenvalue weighted by Gasteiger charge is -2.17. The van der Waals surface area contributed by atoms with E-state index in [0.717, 1.165) is 36.3 Å². The number of hydrogen-bond acceptors (Lipinski definition) is 2. The van der Waals surface area contributed by atoms with Crippen LogP contribution in [0.25, 0.3) is 0 Å². The Kier molecular flexibility index (Phi) is 21.6. The van der Waals surface area contributed by atoms with Gasteiger partial charge in [0.2, 0.25) is 0 Å². The second-order valence-corrected chi connectivity index (χ2v) is 13.7. The van der Waals surface area contributed by atoms with Gasteiger partial charge in [-0.25, -0.2) is 0 Å². The Morgan fingerprint density at radius 1 is 0.457 bits per heavy atom. The first-order valence-electron chi connectivity index (χ1n) is 20.0. The van der Waals surface area contributed by atoms with Crippen molar-refractivity contribution in [3.63, 3.8) is 0 Å². The maximum Gasteiger partial charge on any atom is 0.0639 e. The number of nitrogens with zero attached hydrogens (tertiary/aromatic N) is 2. The smallest absolute Gasteiger partial charge is 0.0639 e. The van der Waals surface area contributed by atoms with Crippen molar-refractivity contribution < 1.29 is 0 Å². The van der Waals surface area contributed by atoms with Gasteiger partial charge in [-0.15, -0.1) is 0 Å². The van der Waals surface area contributed by atoms with Crippen LogP contribution in [0, 0.1) is 0 Å². The van der Waals surface area contributed by atoms with Gasteiger partial charge in [0.25, 0.3) is 0 Å². The summed E-state index contributed by atoms with van der Waals surface area (Å²) in [7, 11) is 0. The van der Waals surface area contributed by atoms with Crippen molar-refractivity contribution in [2.45, 2.75) is 196 Å². The Balaban J connectivity index is 2.42. The van der Waals surface area contributed by atoms with E-state index < -0.39 is 0 Å². The van der Waals surface area contributed by atoms with Gasteiger partial charge in [0.05, 0.1) is 17.1 Å². The third-order valence-electron chi connectivity index (χ3n) is 9.67. The molecule has 0 amide bonds. The first-order chi connectivity index (χ1) is 22.5. The average molecular weight is 629 g/mol. The SMILES string of the molecule is CCCCCCCCc1c(CCCC)cc(N=CC(CC)=Nc2cc(CCCC)c(CC)c(CCCCCC)c2)cc1CCCC. The zero-order chi connectivity index (χ0) is 33.4. The molecule has 0 aliphatic rings. The molecule has 2 nitrogen and oxygen atoms in total. The average Bonchev–Trinajstić information content (AvgIpc) is 3.07. The predicted molar refractivity (Wildman–Crippen MR) is 209 cm³/mol. The van der Waals surface area contributed by atoms with E-state index in [2.05, 4.69) is 78.9 Å². The molecule has 258 valence electrons. The summed E-state index contributed by atoms with van der Waals surface area (Å²) >= 11 is 0. The summed E-state index contributed by atoms with van der Waals surface area (Å²) in [6.45, 7) is 16.1. The summed E-state index contributed by atoms with van der Waals surface area (Å²) < 4.78 is 0. The van der Waals surface area contributed by atoms with E-state index in [9.17, 15) is 0 Å². The first-order valence-corrected chi connectivity index (χ1v) is 20.0. The molecule has 0 bridgehead atoms. The summed E-state index contributed by atoms with van der Waals surface area (Å²) in [5.74, 6) is 0. The first kappa shape index (κ1) is 40.0. The van der Waals surface area contributed by atoms with Gasteiger partial charge in [-0.3, -0.25) is 9.98 Å². The number of aryl methyl sites for hydroxylation is 4. The molecule has 0 fully saturated rings. The zero-order valence-electron chi connectivity index (χ0n) is 31.5. The number of rotatable bonds is 26. The molecule has 2 aromatic rings. The van der Waals surface area contributed by atoms with E-state index in [1.54, 1.807) is 22.3 Å². The summed E-state index contributed by atoms with van der Waals surface area (Å²) in [5.41, 5.74) is 12.7. The fourth-order valence-corrected chi connectivity index (χ4v) is 6.80. The minimum Gasteiger partial charge on any atom is -0.255 e. The molecule has 2 rings (SSSR count). The molecule has 0 saturated heterocycles. The fraction of sp³-hybridized carbons (Fsp3) is 0.682. The van der Waals surface area contributed by atoms with Crippen LogP contribution in [-0.4, -0.2) is 11.9 Å². The predicted octanol–water partition coefficient (Wildman–Crippen LogP) is 14.2. The molecule has 0 saturated carbocycles. The van der Waals surface area contributed by atoms with Crippen LogP contribution in [0.2, 0.25) is 0 Å². The van der Waals surface area contributed by atoms with Gasteiger partial charge in [-0.1, -0.05) is 119 Å². The molecule has 0 aromatic heterocycles. The van der Waals surface area contributed by atoms with Crippen molar-refractivity contribution in [2.75, 3.05) is 0 Å². The normalized spacial score (nSPS) is 12.1. The lowest BCUT2D eigenvalue weighted by Crippen LogP contribution is -2.03. The lowest BCUT2D eigenvalue weighted by atomic mass is 9.90. The minimum atomic E-state index is 0.886. The van der Waals surface area contributed by atoms with Crippen LogP contribution in [0.4, 0.5) is 11.4 Å². The van der Waals surface area contributed by atoms with Gasteiger partial charge < -0.3 is 0 Å². The Hall–Kier alpha value is -2.22. The fourth-order valence-electron chi connectivity index (χ4n) is 6.80. The molecular weight excluding hydrogens is 556 g/mol. The lowest BCUT2D eigenvalue weighted by molar-refractivity contribution is 0.604. The number of hydrogen-bond donors (Lipinski definition) is 0. The molecule has 0 aliphatic heterocycles. The van der Waals surface area contributed by atoms with Gasteiger partial charge in [0.15, 0.2) is 0 Å². The topological polar surface area (TPSA) is 24.7 Å². The zero-order valence-corrected chi connectivity index (χ0v) is 31.5. The van der Waals surface area contributed by atoms with Crippen molar-refractivity contribution in [1.29, 1.82) is 0 Å². The Bertz CT molecular complexity index is 1130. The van der Waals surface area contributed by atoms with Crippen molar-refractivity contribution >= 4 is 23.3 Å². The van der Waals surface area contributed by atoms with Crippen LogP contribution < -0.4 is 0 Å². The second-order valence-electron chi connectivity index (χ2n) is 13.7. The number of benzene rings is 2. The van der Waals surface area contributed by atoms with Crippen molar-refractivity contribution in [2.24, 2.45) is 9.98 Å². The highest BCUT2D eigenvalue weighted by Gasteiger charge is 2.13. The highest BCUT2D eigenvalue weighted by Crippen LogP contribution is 2.30. The summed E-state index contributed by atoms with van der Waals surface area (Å²) in [5, 5.41) is 0. The van der Waals surface area contributed by atoms with Crippen molar-refractivity contribution in [3.8, 4) is 0 Å². The summed E-state index contributed by atoms with van der Waals surface area (Å²) in [6.07, 6.45) is 30.8. The minimum absolute atomic E-state index is 0.886. The van der Waals surface area contributed by atoms with Crippen LogP contribution in [0.1, 0.15) is 191 Å². The number of unbranched alkanes of at least 4 members (excludes halogenated alkanes) is 11. The van der Waals surface area contributed by atoms with Gasteiger partial charge in [-0.2, -0.15) is 0 Å². The second kappa shape index (κ2) is 24.9. The Morgan fingerprint density at radius 3 is 1.37 bits per heavy atom. The molecule has 0 N–H and O–H groups in total. The maximum absolute atomic E-state index is 5.24.